The van der Waals surface area contributed by atoms with Gasteiger partial charge in [0.2, 0.25) is 5.95 Å². The fourth-order valence-corrected chi connectivity index (χ4v) is 1.81. The van der Waals surface area contributed by atoms with Crippen LogP contribution in [0.1, 0.15) is 10.4 Å². The number of hydrogen-bond acceptors (Lipinski definition) is 5. The molecule has 0 amide bonds. The van der Waals surface area contributed by atoms with Crippen LogP contribution in [-0.4, -0.2) is 25.4 Å². The first-order valence-corrected chi connectivity index (χ1v) is 5.50. The summed E-state index contributed by atoms with van der Waals surface area (Å²) in [4.78, 5) is 34.8. The summed E-state index contributed by atoms with van der Waals surface area (Å²) < 4.78 is 0.829. The predicted molar refractivity (Wildman–Crippen MR) is 68.7 cm³/mol. The summed E-state index contributed by atoms with van der Waals surface area (Å²) in [7, 11) is 0. The van der Waals surface area contributed by atoms with Gasteiger partial charge in [0, 0.05) is 5.56 Å². The number of aromatic amines is 1. The lowest BCUT2D eigenvalue weighted by Gasteiger charge is -2.06. The number of hydrogen-bond donors (Lipinski definition) is 2. The van der Waals surface area contributed by atoms with Crippen LogP contribution in [0, 0.1) is 0 Å². The molecule has 0 aliphatic heterocycles. The van der Waals surface area contributed by atoms with Crippen LogP contribution >= 0.6 is 0 Å². The third-order valence-electron chi connectivity index (χ3n) is 2.71. The molecular weight excluding hydrogens is 246 g/mol. The molecule has 0 radical (unpaired) electrons. The van der Waals surface area contributed by atoms with Gasteiger partial charge in [0.15, 0.2) is 11.2 Å². The molecule has 0 atom stereocenters. The number of nitrogens with one attached hydrogen (secondary N) is 1. The Kier molecular flexibility index (Phi) is 2.38. The molecule has 0 unspecified atom stereocenters. The monoisotopic (exact) mass is 255 g/mol. The molecule has 0 aliphatic carbocycles. The largest absolute Gasteiger partial charge is 0.369 e. The van der Waals surface area contributed by atoms with Gasteiger partial charge in [0.05, 0.1) is 6.33 Å². The van der Waals surface area contributed by atoms with E-state index in [0.29, 0.717) is 5.56 Å². The van der Waals surface area contributed by atoms with Crippen molar-refractivity contribution in [1.29, 1.82) is 0 Å². The number of nitrogen functional groups attached to an aromatic ring is 1. The average Bonchev–Trinajstić information content (AvgIpc) is 2.88. The Morgan fingerprint density at radius 3 is 2.74 bits per heavy atom. The summed E-state index contributed by atoms with van der Waals surface area (Å²) in [6.45, 7) is 0. The number of H-pyrrole nitrogens is 1. The van der Waals surface area contributed by atoms with Crippen LogP contribution in [0.4, 0.5) is 5.95 Å². The molecule has 3 N–H and O–H groups in total. The minimum atomic E-state index is -0.561. The van der Waals surface area contributed by atoms with Gasteiger partial charge in [-0.1, -0.05) is 18.2 Å². The first-order chi connectivity index (χ1) is 9.18. The van der Waals surface area contributed by atoms with Crippen molar-refractivity contribution in [2.45, 2.75) is 0 Å². The maximum atomic E-state index is 12.3. The maximum absolute atomic E-state index is 12.3. The topological polar surface area (TPSA) is 107 Å². The van der Waals surface area contributed by atoms with Crippen LogP contribution < -0.4 is 11.3 Å². The van der Waals surface area contributed by atoms with E-state index in [1.165, 1.54) is 6.33 Å². The number of carbonyl (C=O) groups is 1. The van der Waals surface area contributed by atoms with Crippen molar-refractivity contribution in [2.24, 2.45) is 0 Å². The van der Waals surface area contributed by atoms with Crippen molar-refractivity contribution in [3.8, 4) is 0 Å². The molecule has 0 bridgehead atoms. The first-order valence-electron chi connectivity index (χ1n) is 5.50. The van der Waals surface area contributed by atoms with E-state index < -0.39 is 11.5 Å². The molecule has 3 rings (SSSR count). The summed E-state index contributed by atoms with van der Waals surface area (Å²) >= 11 is 0. The van der Waals surface area contributed by atoms with Gasteiger partial charge in [-0.2, -0.15) is 4.98 Å². The minimum Gasteiger partial charge on any atom is -0.369 e. The SMILES string of the molecule is Nc1nc2nc[nH]c2c(=O)n1C(=O)c1ccccc1. The molecule has 0 saturated heterocycles. The number of aromatic nitrogens is 4. The Labute approximate surface area is 106 Å². The van der Waals surface area contributed by atoms with Gasteiger partial charge in [-0.25, -0.2) is 9.55 Å². The number of anilines is 1. The molecule has 1 aromatic carbocycles. The standard InChI is InChI=1S/C12H9N5O2/c13-12-16-9-8(14-6-15-9)11(19)17(12)10(18)7-4-2-1-3-5-7/h1-6H,(H2,13,16)(H,14,15). The van der Waals surface area contributed by atoms with E-state index in [0.717, 1.165) is 4.57 Å². The molecule has 2 heterocycles. The van der Waals surface area contributed by atoms with Crippen molar-refractivity contribution in [1.82, 2.24) is 19.5 Å². The van der Waals surface area contributed by atoms with Crippen LogP contribution in [-0.2, 0) is 0 Å². The maximum Gasteiger partial charge on any atom is 0.288 e. The number of imidazole rings is 1. The van der Waals surface area contributed by atoms with Gasteiger partial charge in [-0.3, -0.25) is 9.59 Å². The average molecular weight is 255 g/mol. The number of fused-ring (bicyclic) bond motifs is 1. The lowest BCUT2D eigenvalue weighted by molar-refractivity contribution is 0.0958. The summed E-state index contributed by atoms with van der Waals surface area (Å²) in [6.07, 6.45) is 1.33. The van der Waals surface area contributed by atoms with E-state index in [-0.39, 0.29) is 17.1 Å². The molecule has 7 nitrogen and oxygen atoms in total. The smallest absolute Gasteiger partial charge is 0.288 e. The molecule has 0 saturated carbocycles. The number of carbonyl (C=O) groups excluding carboxylic acids is 1. The van der Waals surface area contributed by atoms with Crippen LogP contribution in [0.5, 0.6) is 0 Å². The number of rotatable bonds is 1. The van der Waals surface area contributed by atoms with E-state index >= 15 is 0 Å². The summed E-state index contributed by atoms with van der Waals surface area (Å²) in [5.41, 5.74) is 5.80. The van der Waals surface area contributed by atoms with Gasteiger partial charge in [0.1, 0.15) is 0 Å². The number of nitrogens with zero attached hydrogens (tertiary/aromatic N) is 3. The predicted octanol–water partition coefficient (Wildman–Crippen LogP) is 0.390. The normalized spacial score (nSPS) is 10.7. The lowest BCUT2D eigenvalue weighted by Crippen LogP contribution is -2.30. The van der Waals surface area contributed by atoms with Crippen LogP contribution in [0.25, 0.3) is 11.2 Å². The summed E-state index contributed by atoms with van der Waals surface area (Å²) in [5.74, 6) is -0.703. The minimum absolute atomic E-state index is 0.151. The van der Waals surface area contributed by atoms with Gasteiger partial charge >= 0.3 is 0 Å². The second-order valence-electron chi connectivity index (χ2n) is 3.88. The summed E-state index contributed by atoms with van der Waals surface area (Å²) in [6, 6.07) is 8.39. The zero-order valence-corrected chi connectivity index (χ0v) is 9.70. The highest BCUT2D eigenvalue weighted by molar-refractivity contribution is 5.98. The Morgan fingerprint density at radius 2 is 2.00 bits per heavy atom. The van der Waals surface area contributed by atoms with Crippen LogP contribution in [0.15, 0.2) is 41.5 Å². The molecule has 3 aromatic rings. The van der Waals surface area contributed by atoms with Crippen molar-refractivity contribution in [3.63, 3.8) is 0 Å². The van der Waals surface area contributed by atoms with Gasteiger partial charge in [-0.15, -0.1) is 0 Å². The molecule has 0 fully saturated rings. The molecule has 94 valence electrons. The quantitative estimate of drug-likeness (QED) is 0.654. The van der Waals surface area contributed by atoms with Crippen molar-refractivity contribution in [2.75, 3.05) is 5.73 Å². The van der Waals surface area contributed by atoms with Gasteiger partial charge in [-0.05, 0) is 12.1 Å². The van der Waals surface area contributed by atoms with Crippen LogP contribution in [0.2, 0.25) is 0 Å². The number of benzene rings is 1. The van der Waals surface area contributed by atoms with Gasteiger partial charge < -0.3 is 10.7 Å². The molecule has 0 aliphatic rings. The lowest BCUT2D eigenvalue weighted by atomic mass is 10.2. The highest BCUT2D eigenvalue weighted by Gasteiger charge is 2.17. The molecule has 2 aromatic heterocycles. The first kappa shape index (κ1) is 11.1. The molecule has 19 heavy (non-hydrogen) atoms. The van der Waals surface area contributed by atoms with E-state index in [9.17, 15) is 9.59 Å². The molecular formula is C12H9N5O2. The second-order valence-corrected chi connectivity index (χ2v) is 3.88. The highest BCUT2D eigenvalue weighted by atomic mass is 16.2. The fourth-order valence-electron chi connectivity index (χ4n) is 1.81. The van der Waals surface area contributed by atoms with Gasteiger partial charge in [0.25, 0.3) is 11.5 Å². The summed E-state index contributed by atoms with van der Waals surface area (Å²) in [5, 5.41) is 0. The Balaban J connectivity index is 2.26. The van der Waals surface area contributed by atoms with Crippen molar-refractivity contribution in [3.05, 3.63) is 52.6 Å². The molecule has 0 spiro atoms. The van der Waals surface area contributed by atoms with E-state index in [2.05, 4.69) is 15.0 Å². The second kappa shape index (κ2) is 4.05. The Bertz CT molecular complexity index is 819. The fraction of sp³-hybridized carbons (Fsp3) is 0. The van der Waals surface area contributed by atoms with E-state index in [4.69, 9.17) is 5.73 Å². The van der Waals surface area contributed by atoms with Crippen LogP contribution in [0.3, 0.4) is 0 Å². The molecule has 7 heteroatoms. The van der Waals surface area contributed by atoms with Crippen molar-refractivity contribution >= 4 is 23.0 Å². The highest BCUT2D eigenvalue weighted by Crippen LogP contribution is 2.07. The third-order valence-corrected chi connectivity index (χ3v) is 2.71. The Morgan fingerprint density at radius 1 is 1.26 bits per heavy atom. The zero-order chi connectivity index (χ0) is 13.4. The van der Waals surface area contributed by atoms with Crippen molar-refractivity contribution < 1.29 is 4.79 Å². The third kappa shape index (κ3) is 1.68. The zero-order valence-electron chi connectivity index (χ0n) is 9.70. The number of nitrogens with two attached hydrogens (primary N) is 1. The van der Waals surface area contributed by atoms with E-state index in [1.54, 1.807) is 30.3 Å². The van der Waals surface area contributed by atoms with E-state index in [1.807, 2.05) is 0 Å². The Hall–Kier alpha value is -2.96.